The highest BCUT2D eigenvalue weighted by Crippen LogP contribution is 2.37. The van der Waals surface area contributed by atoms with E-state index in [2.05, 4.69) is 52.9 Å². The summed E-state index contributed by atoms with van der Waals surface area (Å²) < 4.78 is 12.9. The van der Waals surface area contributed by atoms with E-state index in [0.717, 1.165) is 61.4 Å². The lowest BCUT2D eigenvalue weighted by Crippen LogP contribution is -2.54. The molecule has 128 valence electrons. The summed E-state index contributed by atoms with van der Waals surface area (Å²) in [6.07, 6.45) is 1.96. The van der Waals surface area contributed by atoms with Crippen molar-refractivity contribution in [1.82, 2.24) is 4.98 Å². The summed E-state index contributed by atoms with van der Waals surface area (Å²) >= 11 is 3.62. The number of hydrogen-bond donors (Lipinski definition) is 0. The van der Waals surface area contributed by atoms with E-state index in [1.807, 2.05) is 0 Å². The Morgan fingerprint density at radius 3 is 2.75 bits per heavy atom. The van der Waals surface area contributed by atoms with E-state index in [-0.39, 0.29) is 5.60 Å². The number of aryl methyl sites for hydroxylation is 1. The lowest BCUT2D eigenvalue weighted by atomic mass is 9.91. The monoisotopic (exact) mass is 390 g/mol. The van der Waals surface area contributed by atoms with E-state index < -0.39 is 0 Å². The van der Waals surface area contributed by atoms with Crippen molar-refractivity contribution in [2.75, 3.05) is 37.8 Å². The molecule has 4 nitrogen and oxygen atoms in total. The number of pyridine rings is 1. The van der Waals surface area contributed by atoms with Gasteiger partial charge in [0.1, 0.15) is 0 Å². The number of halogens is 1. The number of fused-ring (bicyclic) bond motifs is 1. The molecule has 0 unspecified atom stereocenters. The van der Waals surface area contributed by atoms with E-state index in [4.69, 9.17) is 14.5 Å². The van der Waals surface area contributed by atoms with Gasteiger partial charge in [0.15, 0.2) is 0 Å². The smallest absolute Gasteiger partial charge is 0.0901 e. The van der Waals surface area contributed by atoms with Crippen LogP contribution in [0.4, 0.5) is 5.69 Å². The van der Waals surface area contributed by atoms with Crippen LogP contribution in [0.15, 0.2) is 22.7 Å². The molecule has 0 radical (unpaired) electrons. The van der Waals surface area contributed by atoms with Crippen molar-refractivity contribution < 1.29 is 9.47 Å². The van der Waals surface area contributed by atoms with Crippen LogP contribution in [0.25, 0.3) is 10.9 Å². The zero-order valence-electron chi connectivity index (χ0n) is 14.3. The zero-order valence-corrected chi connectivity index (χ0v) is 15.9. The molecule has 5 heteroatoms. The molecule has 1 spiro atoms. The predicted molar refractivity (Wildman–Crippen MR) is 99.9 cm³/mol. The van der Waals surface area contributed by atoms with Crippen LogP contribution >= 0.6 is 15.9 Å². The fourth-order valence-electron chi connectivity index (χ4n) is 3.92. The molecule has 0 aliphatic carbocycles. The number of benzene rings is 1. The Bertz CT molecular complexity index is 766. The van der Waals surface area contributed by atoms with Gasteiger partial charge in [-0.1, -0.05) is 15.9 Å². The number of anilines is 1. The van der Waals surface area contributed by atoms with Gasteiger partial charge < -0.3 is 14.4 Å². The number of rotatable bonds is 1. The highest BCUT2D eigenvalue weighted by atomic mass is 79.9. The first kappa shape index (κ1) is 16.3. The van der Waals surface area contributed by atoms with Crippen molar-refractivity contribution in [2.45, 2.75) is 32.3 Å². The first-order valence-electron chi connectivity index (χ1n) is 8.61. The summed E-state index contributed by atoms with van der Waals surface area (Å²) in [7, 11) is 0. The summed E-state index contributed by atoms with van der Waals surface area (Å²) in [6.45, 7) is 8.52. The molecule has 4 rings (SSSR count). The first-order chi connectivity index (χ1) is 11.6. The Balaban J connectivity index is 1.80. The number of aromatic nitrogens is 1. The van der Waals surface area contributed by atoms with Crippen LogP contribution in [0.2, 0.25) is 0 Å². The molecule has 2 saturated heterocycles. The van der Waals surface area contributed by atoms with Crippen LogP contribution in [0.5, 0.6) is 0 Å². The summed E-state index contributed by atoms with van der Waals surface area (Å²) in [5, 5.41) is 1.22. The molecule has 0 amide bonds. The highest BCUT2D eigenvalue weighted by Gasteiger charge is 2.39. The summed E-state index contributed by atoms with van der Waals surface area (Å²) in [5.74, 6) is 0. The molecule has 0 atom stereocenters. The van der Waals surface area contributed by atoms with E-state index in [1.165, 1.54) is 16.6 Å². The Labute approximate surface area is 151 Å². The third-order valence-corrected chi connectivity index (χ3v) is 5.86. The van der Waals surface area contributed by atoms with Crippen LogP contribution in [-0.4, -0.2) is 43.5 Å². The summed E-state index contributed by atoms with van der Waals surface area (Å²) in [4.78, 5) is 7.28. The fraction of sp³-hybridized carbons (Fsp3) is 0.526. The molecule has 2 aliphatic rings. The van der Waals surface area contributed by atoms with Gasteiger partial charge in [0.05, 0.1) is 23.4 Å². The molecular formula is C19H23BrN2O2. The number of nitrogens with zero attached hydrogens (tertiary/aromatic N) is 2. The summed E-state index contributed by atoms with van der Waals surface area (Å²) in [6, 6.07) is 6.35. The van der Waals surface area contributed by atoms with Gasteiger partial charge in [-0.05, 0) is 37.6 Å². The molecule has 3 heterocycles. The van der Waals surface area contributed by atoms with Crippen LogP contribution in [0.3, 0.4) is 0 Å². The third-order valence-electron chi connectivity index (χ3n) is 5.37. The van der Waals surface area contributed by atoms with Crippen LogP contribution < -0.4 is 4.90 Å². The fourth-order valence-corrected chi connectivity index (χ4v) is 4.28. The number of morpholine rings is 1. The molecule has 1 aromatic heterocycles. The minimum Gasteiger partial charge on any atom is -0.381 e. The van der Waals surface area contributed by atoms with Gasteiger partial charge in [-0.3, -0.25) is 4.98 Å². The second kappa shape index (κ2) is 6.28. The normalized spacial score (nSPS) is 20.7. The van der Waals surface area contributed by atoms with Gasteiger partial charge in [0.2, 0.25) is 0 Å². The standard InChI is InChI=1S/C19H23BrN2O2/c1-13-14(2)21-17-4-3-15(20)11-16(17)18(13)22-7-10-24-19(12-22)5-8-23-9-6-19/h3-4,11H,5-10,12H2,1-2H3. The molecule has 24 heavy (non-hydrogen) atoms. The van der Waals surface area contributed by atoms with Gasteiger partial charge in [-0.15, -0.1) is 0 Å². The lowest BCUT2D eigenvalue weighted by Gasteiger charge is -2.46. The van der Waals surface area contributed by atoms with Crippen molar-refractivity contribution in [2.24, 2.45) is 0 Å². The van der Waals surface area contributed by atoms with E-state index in [1.54, 1.807) is 0 Å². The average Bonchev–Trinajstić information content (AvgIpc) is 2.57. The van der Waals surface area contributed by atoms with Crippen LogP contribution in [0.1, 0.15) is 24.1 Å². The van der Waals surface area contributed by atoms with E-state index >= 15 is 0 Å². The second-order valence-corrected chi connectivity index (χ2v) is 7.81. The Hall–Kier alpha value is -1.17. The SMILES string of the molecule is Cc1nc2ccc(Br)cc2c(N2CCOC3(CCOCC3)C2)c1C. The first-order valence-corrected chi connectivity index (χ1v) is 9.40. The number of hydrogen-bond acceptors (Lipinski definition) is 4. The molecule has 2 aromatic rings. The molecular weight excluding hydrogens is 368 g/mol. The van der Waals surface area contributed by atoms with Crippen molar-refractivity contribution in [1.29, 1.82) is 0 Å². The topological polar surface area (TPSA) is 34.6 Å². The van der Waals surface area contributed by atoms with E-state index in [9.17, 15) is 0 Å². The van der Waals surface area contributed by atoms with Gasteiger partial charge in [-0.2, -0.15) is 0 Å². The third kappa shape index (κ3) is 2.83. The minimum atomic E-state index is -0.0571. The quantitative estimate of drug-likeness (QED) is 0.736. The van der Waals surface area contributed by atoms with Crippen LogP contribution in [-0.2, 0) is 9.47 Å². The van der Waals surface area contributed by atoms with Gasteiger partial charge >= 0.3 is 0 Å². The Morgan fingerprint density at radius 1 is 1.17 bits per heavy atom. The maximum atomic E-state index is 6.22. The van der Waals surface area contributed by atoms with Gasteiger partial charge in [0, 0.05) is 54.7 Å². The number of ether oxygens (including phenoxy) is 2. The van der Waals surface area contributed by atoms with Crippen LogP contribution in [0, 0.1) is 13.8 Å². The maximum absolute atomic E-state index is 6.22. The van der Waals surface area contributed by atoms with Crippen molar-refractivity contribution in [3.63, 3.8) is 0 Å². The molecule has 1 aromatic carbocycles. The van der Waals surface area contributed by atoms with Crippen molar-refractivity contribution in [3.05, 3.63) is 33.9 Å². The molecule has 0 bridgehead atoms. The predicted octanol–water partition coefficient (Wildman–Crippen LogP) is 4.00. The zero-order chi connectivity index (χ0) is 16.7. The van der Waals surface area contributed by atoms with Gasteiger partial charge in [0.25, 0.3) is 0 Å². The Morgan fingerprint density at radius 2 is 1.96 bits per heavy atom. The highest BCUT2D eigenvalue weighted by molar-refractivity contribution is 9.10. The Kier molecular flexibility index (Phi) is 4.27. The second-order valence-electron chi connectivity index (χ2n) is 6.90. The van der Waals surface area contributed by atoms with Crippen molar-refractivity contribution >= 4 is 32.5 Å². The van der Waals surface area contributed by atoms with E-state index in [0.29, 0.717) is 0 Å². The largest absolute Gasteiger partial charge is 0.381 e. The van der Waals surface area contributed by atoms with Crippen molar-refractivity contribution in [3.8, 4) is 0 Å². The van der Waals surface area contributed by atoms with Gasteiger partial charge in [-0.25, -0.2) is 0 Å². The molecule has 0 N–H and O–H groups in total. The lowest BCUT2D eigenvalue weighted by molar-refractivity contribution is -0.116. The maximum Gasteiger partial charge on any atom is 0.0901 e. The molecule has 0 saturated carbocycles. The molecule has 2 fully saturated rings. The summed E-state index contributed by atoms with van der Waals surface area (Å²) in [5.41, 5.74) is 4.69. The minimum absolute atomic E-state index is 0.0571. The molecule has 2 aliphatic heterocycles. The average molecular weight is 391 g/mol.